The molecule has 0 amide bonds. The van der Waals surface area contributed by atoms with Gasteiger partial charge in [-0.05, 0) is 66.9 Å². The molecule has 0 bridgehead atoms. The van der Waals surface area contributed by atoms with Crippen LogP contribution in [0.25, 0.3) is 16.2 Å². The summed E-state index contributed by atoms with van der Waals surface area (Å²) in [7, 11) is 1.32. The van der Waals surface area contributed by atoms with Crippen molar-refractivity contribution >= 4 is 39.3 Å². The second-order valence-electron chi connectivity index (χ2n) is 7.52. The van der Waals surface area contributed by atoms with Crippen molar-refractivity contribution in [3.63, 3.8) is 0 Å². The molecule has 0 aliphatic rings. The minimum absolute atomic E-state index is 0.153. The quantitative estimate of drug-likeness (QED) is 0.179. The number of methoxy groups -OCH3 is 1. The maximum absolute atomic E-state index is 13.9. The molecule has 0 atom stereocenters. The van der Waals surface area contributed by atoms with E-state index in [-0.39, 0.29) is 11.6 Å². The Balaban J connectivity index is 1.75. The zero-order chi connectivity index (χ0) is 23.5. The van der Waals surface area contributed by atoms with Gasteiger partial charge in [-0.25, -0.2) is 9.18 Å². The molecule has 166 valence electrons. The minimum Gasteiger partial charge on any atom is -0.466 e. The number of thiophene rings is 1. The third-order valence-electron chi connectivity index (χ3n) is 5.23. The molecule has 0 radical (unpaired) electrons. The molecule has 3 aromatic carbocycles. The molecule has 6 heteroatoms. The highest BCUT2D eigenvalue weighted by atomic mass is 32.1. The van der Waals surface area contributed by atoms with Gasteiger partial charge in [0.25, 0.3) is 0 Å². The Hall–Kier alpha value is -3.77. The third kappa shape index (κ3) is 4.71. The fourth-order valence-corrected chi connectivity index (χ4v) is 4.68. The Morgan fingerprint density at radius 3 is 2.33 bits per heavy atom. The number of esters is 1. The van der Waals surface area contributed by atoms with Crippen LogP contribution in [0, 0.1) is 19.7 Å². The number of hydrogen-bond acceptors (Lipinski definition) is 5. The summed E-state index contributed by atoms with van der Waals surface area (Å²) < 4.78 is 25.3. The summed E-state index contributed by atoms with van der Waals surface area (Å²) in [4.78, 5) is 25.3. The summed E-state index contributed by atoms with van der Waals surface area (Å²) in [6.45, 7) is 3.79. The average molecular weight is 461 g/mol. The Morgan fingerprint density at radius 1 is 0.970 bits per heavy atom. The van der Waals surface area contributed by atoms with E-state index in [0.29, 0.717) is 32.0 Å². The SMILES string of the molecule is COC(=O)/C=C/c1ccc(Oc2c(C(=O)c3c(C)cccc3C)sc3cc(F)ccc23)cc1. The number of carbonyl (C=O) groups is 2. The monoisotopic (exact) mass is 460 g/mol. The van der Waals surface area contributed by atoms with Gasteiger partial charge < -0.3 is 9.47 Å². The number of rotatable bonds is 6. The first-order chi connectivity index (χ1) is 15.9. The molecule has 0 spiro atoms. The number of ketones is 1. The lowest BCUT2D eigenvalue weighted by molar-refractivity contribution is -0.134. The van der Waals surface area contributed by atoms with Crippen molar-refractivity contribution in [3.05, 3.63) is 99.7 Å². The Kier molecular flexibility index (Phi) is 6.38. The van der Waals surface area contributed by atoms with Gasteiger partial charge in [0.05, 0.1) is 7.11 Å². The van der Waals surface area contributed by atoms with E-state index in [9.17, 15) is 14.0 Å². The van der Waals surface area contributed by atoms with Gasteiger partial charge in [0.15, 0.2) is 5.75 Å². The summed E-state index contributed by atoms with van der Waals surface area (Å²) in [6.07, 6.45) is 2.96. The van der Waals surface area contributed by atoms with Crippen LogP contribution >= 0.6 is 11.3 Å². The first-order valence-electron chi connectivity index (χ1n) is 10.2. The third-order valence-corrected chi connectivity index (χ3v) is 6.37. The molecule has 1 heterocycles. The first kappa shape index (κ1) is 22.4. The van der Waals surface area contributed by atoms with Crippen LogP contribution in [0.1, 0.15) is 31.9 Å². The van der Waals surface area contributed by atoms with Crippen LogP contribution < -0.4 is 4.74 Å². The van der Waals surface area contributed by atoms with Gasteiger partial charge >= 0.3 is 5.97 Å². The molecule has 4 nitrogen and oxygen atoms in total. The molecule has 0 N–H and O–H groups in total. The fraction of sp³-hybridized carbons (Fsp3) is 0.111. The molecule has 0 aliphatic carbocycles. The average Bonchev–Trinajstić information content (AvgIpc) is 3.15. The van der Waals surface area contributed by atoms with Crippen LogP contribution in [0.2, 0.25) is 0 Å². The van der Waals surface area contributed by atoms with Crippen molar-refractivity contribution < 1.29 is 23.5 Å². The van der Waals surface area contributed by atoms with Crippen molar-refractivity contribution in [2.75, 3.05) is 7.11 Å². The second kappa shape index (κ2) is 9.38. The molecule has 0 fully saturated rings. The van der Waals surface area contributed by atoms with Crippen molar-refractivity contribution in [1.29, 1.82) is 0 Å². The highest BCUT2D eigenvalue weighted by Gasteiger charge is 2.24. The highest BCUT2D eigenvalue weighted by molar-refractivity contribution is 7.21. The number of carbonyl (C=O) groups excluding carboxylic acids is 2. The number of benzene rings is 3. The van der Waals surface area contributed by atoms with Gasteiger partial charge in [0.2, 0.25) is 5.78 Å². The fourth-order valence-electron chi connectivity index (χ4n) is 3.58. The van der Waals surface area contributed by atoms with E-state index < -0.39 is 5.97 Å². The van der Waals surface area contributed by atoms with E-state index in [2.05, 4.69) is 4.74 Å². The summed E-state index contributed by atoms with van der Waals surface area (Å²) in [5.41, 5.74) is 3.15. The van der Waals surface area contributed by atoms with Crippen LogP contribution in [-0.2, 0) is 9.53 Å². The second-order valence-corrected chi connectivity index (χ2v) is 8.58. The Labute approximate surface area is 194 Å². The maximum atomic E-state index is 13.9. The van der Waals surface area contributed by atoms with E-state index >= 15 is 0 Å². The van der Waals surface area contributed by atoms with Gasteiger partial charge in [0.1, 0.15) is 16.4 Å². The molecule has 1 aromatic heterocycles. The van der Waals surface area contributed by atoms with Crippen LogP contribution in [0.15, 0.2) is 66.7 Å². The molecular formula is C27H21FO4S. The number of fused-ring (bicyclic) bond motifs is 1. The van der Waals surface area contributed by atoms with Crippen LogP contribution in [0.5, 0.6) is 11.5 Å². The molecule has 0 aliphatic heterocycles. The maximum Gasteiger partial charge on any atom is 0.330 e. The van der Waals surface area contributed by atoms with E-state index in [1.54, 1.807) is 36.4 Å². The molecule has 0 saturated heterocycles. The molecular weight excluding hydrogens is 439 g/mol. The predicted molar refractivity (Wildman–Crippen MR) is 129 cm³/mol. The lowest BCUT2D eigenvalue weighted by atomic mass is 9.98. The lowest BCUT2D eigenvalue weighted by Crippen LogP contribution is -2.05. The molecule has 33 heavy (non-hydrogen) atoms. The zero-order valence-corrected chi connectivity index (χ0v) is 19.2. The van der Waals surface area contributed by atoms with Gasteiger partial charge in [-0.1, -0.05) is 30.3 Å². The minimum atomic E-state index is -0.443. The van der Waals surface area contributed by atoms with Crippen molar-refractivity contribution in [1.82, 2.24) is 0 Å². The van der Waals surface area contributed by atoms with Crippen molar-refractivity contribution in [2.45, 2.75) is 13.8 Å². The molecule has 4 rings (SSSR count). The van der Waals surface area contributed by atoms with Crippen molar-refractivity contribution in [2.24, 2.45) is 0 Å². The normalized spacial score (nSPS) is 11.2. The number of aryl methyl sites for hydroxylation is 2. The van der Waals surface area contributed by atoms with E-state index in [4.69, 9.17) is 4.74 Å². The Bertz CT molecular complexity index is 1360. The summed E-state index contributed by atoms with van der Waals surface area (Å²) in [5.74, 6) is -0.0461. The molecule has 0 unspecified atom stereocenters. The van der Waals surface area contributed by atoms with E-state index in [1.807, 2.05) is 32.0 Å². The zero-order valence-electron chi connectivity index (χ0n) is 18.3. The topological polar surface area (TPSA) is 52.6 Å². The van der Waals surface area contributed by atoms with Crippen molar-refractivity contribution in [3.8, 4) is 11.5 Å². The predicted octanol–water partition coefficient (Wildman–Crippen LogP) is 6.87. The smallest absolute Gasteiger partial charge is 0.330 e. The number of halogens is 1. The lowest BCUT2D eigenvalue weighted by Gasteiger charge is -2.11. The molecule has 0 saturated carbocycles. The summed E-state index contributed by atoms with van der Waals surface area (Å²) >= 11 is 1.22. The summed E-state index contributed by atoms with van der Waals surface area (Å²) in [6, 6.07) is 17.2. The largest absolute Gasteiger partial charge is 0.466 e. The van der Waals surface area contributed by atoms with Gasteiger partial charge in [-0.15, -0.1) is 11.3 Å². The Morgan fingerprint density at radius 2 is 1.67 bits per heavy atom. The van der Waals surface area contributed by atoms with Gasteiger partial charge in [-0.3, -0.25) is 4.79 Å². The van der Waals surface area contributed by atoms with Crippen LogP contribution in [-0.4, -0.2) is 18.9 Å². The van der Waals surface area contributed by atoms with Crippen LogP contribution in [0.3, 0.4) is 0 Å². The van der Waals surface area contributed by atoms with Gasteiger partial charge in [-0.2, -0.15) is 0 Å². The number of hydrogen-bond donors (Lipinski definition) is 0. The first-order valence-corrected chi connectivity index (χ1v) is 11.1. The van der Waals surface area contributed by atoms with Crippen LogP contribution in [0.4, 0.5) is 4.39 Å². The van der Waals surface area contributed by atoms with E-state index in [0.717, 1.165) is 16.7 Å². The number of ether oxygens (including phenoxy) is 2. The van der Waals surface area contributed by atoms with Gasteiger partial charge in [0, 0.05) is 21.7 Å². The standard InChI is InChI=1S/C27H21FO4S/c1-16-5-4-6-17(2)24(16)25(30)27-26(21-13-10-19(28)15-22(21)33-27)32-20-11-7-18(8-12-20)9-14-23(29)31-3/h4-15H,1-3H3/b14-9+. The highest BCUT2D eigenvalue weighted by Crippen LogP contribution is 2.42. The van der Waals surface area contributed by atoms with E-state index in [1.165, 1.54) is 36.7 Å². The molecule has 4 aromatic rings. The summed E-state index contributed by atoms with van der Waals surface area (Å²) in [5, 5.41) is 0.672.